The molecule has 1 atom stereocenters. The number of imidazole rings is 1. The Morgan fingerprint density at radius 2 is 1.93 bits per heavy atom. The fraction of sp³-hybridized carbons (Fsp3) is 0.257. The Hall–Kier alpha value is -5.31. The number of carboxylic acid groups (broad SMARTS) is 1. The minimum absolute atomic E-state index is 0.0500. The van der Waals surface area contributed by atoms with Gasteiger partial charge in [-0.05, 0) is 71.1 Å². The van der Waals surface area contributed by atoms with Crippen molar-refractivity contribution in [1.29, 1.82) is 5.26 Å². The fourth-order valence-corrected chi connectivity index (χ4v) is 5.85. The summed E-state index contributed by atoms with van der Waals surface area (Å²) in [6.45, 7) is 1.68. The van der Waals surface area contributed by atoms with Crippen LogP contribution in [0.5, 0.6) is 11.6 Å². The number of rotatable bonds is 6. The van der Waals surface area contributed by atoms with E-state index in [2.05, 4.69) is 11.1 Å². The van der Waals surface area contributed by atoms with Crippen LogP contribution in [0, 0.1) is 17.1 Å². The molecule has 1 fully saturated rings. The van der Waals surface area contributed by atoms with Crippen molar-refractivity contribution in [2.45, 2.75) is 45.3 Å². The molecule has 5 aromatic rings. The lowest BCUT2D eigenvalue weighted by Crippen LogP contribution is -2.31. The summed E-state index contributed by atoms with van der Waals surface area (Å²) in [7, 11) is 1.47. The van der Waals surface area contributed by atoms with Crippen LogP contribution in [0.4, 0.5) is 4.39 Å². The summed E-state index contributed by atoms with van der Waals surface area (Å²) in [5.74, 6) is -0.253. The average Bonchev–Trinajstić information content (AvgIpc) is 3.38. The maximum absolute atomic E-state index is 15.9. The van der Waals surface area contributed by atoms with Crippen LogP contribution in [-0.2, 0) is 42.3 Å². The molecule has 0 unspecified atom stereocenters. The Bertz CT molecular complexity index is 2030. The lowest BCUT2D eigenvalue weighted by Gasteiger charge is -2.27. The number of halogens is 1. The minimum Gasteiger partial charge on any atom is -0.494 e. The van der Waals surface area contributed by atoms with Gasteiger partial charge in [0.05, 0.1) is 61.4 Å². The van der Waals surface area contributed by atoms with Crippen molar-refractivity contribution in [1.82, 2.24) is 14.5 Å². The Morgan fingerprint density at radius 3 is 2.70 bits per heavy atom. The van der Waals surface area contributed by atoms with Gasteiger partial charge in [-0.25, -0.2) is 19.2 Å². The van der Waals surface area contributed by atoms with Gasteiger partial charge in [-0.2, -0.15) is 5.26 Å². The number of nitrogens with zero attached hydrogens (tertiary/aromatic N) is 4. The number of carbonyl (C=O) groups is 1. The number of methoxy groups -OCH3 is 1. The third-order valence-corrected chi connectivity index (χ3v) is 8.41. The zero-order chi connectivity index (χ0) is 31.8. The molecule has 0 saturated carbocycles. The number of benzene rings is 3. The van der Waals surface area contributed by atoms with E-state index in [0.29, 0.717) is 64.0 Å². The summed E-state index contributed by atoms with van der Waals surface area (Å²) in [4.78, 5) is 21.4. The van der Waals surface area contributed by atoms with Gasteiger partial charge in [-0.1, -0.05) is 12.1 Å². The van der Waals surface area contributed by atoms with E-state index in [1.165, 1.54) is 19.2 Å². The highest BCUT2D eigenvalue weighted by Gasteiger charge is 2.25. The van der Waals surface area contributed by atoms with Crippen LogP contribution in [0.1, 0.15) is 50.4 Å². The van der Waals surface area contributed by atoms with Gasteiger partial charge in [-0.15, -0.1) is 0 Å². The van der Waals surface area contributed by atoms with Gasteiger partial charge in [-0.3, -0.25) is 0 Å². The molecular formula is C35H29FN4O6. The number of carboxylic acids is 1. The van der Waals surface area contributed by atoms with Gasteiger partial charge in [0.25, 0.3) is 0 Å². The Balaban J connectivity index is 1.33. The van der Waals surface area contributed by atoms with E-state index in [1.54, 1.807) is 42.5 Å². The first-order chi connectivity index (χ1) is 22.4. The summed E-state index contributed by atoms with van der Waals surface area (Å²) >= 11 is 0. The zero-order valence-corrected chi connectivity index (χ0v) is 25.0. The van der Waals surface area contributed by atoms with E-state index in [0.717, 1.165) is 23.1 Å². The summed E-state index contributed by atoms with van der Waals surface area (Å²) < 4.78 is 41.3. The molecule has 232 valence electrons. The first-order valence-electron chi connectivity index (χ1n) is 14.8. The van der Waals surface area contributed by atoms with Gasteiger partial charge in [0.2, 0.25) is 5.88 Å². The number of ether oxygens (including phenoxy) is 4. The average molecular weight is 621 g/mol. The highest BCUT2D eigenvalue weighted by atomic mass is 19.1. The minimum atomic E-state index is -1.08. The van der Waals surface area contributed by atoms with Crippen LogP contribution in [0.2, 0.25) is 0 Å². The molecule has 7 rings (SSSR count). The third kappa shape index (κ3) is 5.64. The van der Waals surface area contributed by atoms with Gasteiger partial charge in [0.1, 0.15) is 29.5 Å². The molecule has 0 spiro atoms. The van der Waals surface area contributed by atoms with Gasteiger partial charge < -0.3 is 28.6 Å². The molecule has 1 saturated heterocycles. The van der Waals surface area contributed by atoms with Crippen molar-refractivity contribution >= 4 is 17.0 Å². The van der Waals surface area contributed by atoms with Crippen molar-refractivity contribution < 1.29 is 33.2 Å². The number of hydrogen-bond acceptors (Lipinski definition) is 8. The van der Waals surface area contributed by atoms with E-state index in [1.807, 2.05) is 10.6 Å². The quantitative estimate of drug-likeness (QED) is 0.250. The third-order valence-electron chi connectivity index (χ3n) is 8.41. The smallest absolute Gasteiger partial charge is 0.335 e. The van der Waals surface area contributed by atoms with E-state index in [-0.39, 0.29) is 37.9 Å². The molecule has 46 heavy (non-hydrogen) atoms. The van der Waals surface area contributed by atoms with E-state index >= 15 is 4.39 Å². The first-order valence-corrected chi connectivity index (χ1v) is 14.8. The Labute approximate surface area is 263 Å². The van der Waals surface area contributed by atoms with Crippen LogP contribution in [-0.4, -0.2) is 45.4 Å². The maximum atomic E-state index is 15.9. The topological polar surface area (TPSA) is 129 Å². The number of fused-ring (bicyclic) bond motifs is 7. The van der Waals surface area contributed by atoms with Gasteiger partial charge in [0.15, 0.2) is 0 Å². The second-order valence-electron chi connectivity index (χ2n) is 11.3. The molecule has 4 heterocycles. The van der Waals surface area contributed by atoms with Crippen LogP contribution in [0.15, 0.2) is 60.7 Å². The van der Waals surface area contributed by atoms with Crippen molar-refractivity contribution in [2.24, 2.45) is 0 Å². The van der Waals surface area contributed by atoms with E-state index in [4.69, 9.17) is 23.9 Å². The monoisotopic (exact) mass is 620 g/mol. The predicted octanol–water partition coefficient (Wildman–Crippen LogP) is 5.80. The molecule has 2 aromatic heterocycles. The largest absolute Gasteiger partial charge is 0.494 e. The Kier molecular flexibility index (Phi) is 7.82. The summed E-state index contributed by atoms with van der Waals surface area (Å²) in [6.07, 6.45) is 1.04. The van der Waals surface area contributed by atoms with Crippen molar-refractivity contribution in [2.75, 3.05) is 13.7 Å². The predicted molar refractivity (Wildman–Crippen MR) is 164 cm³/mol. The fourth-order valence-electron chi connectivity index (χ4n) is 5.85. The summed E-state index contributed by atoms with van der Waals surface area (Å²) in [6, 6.07) is 19.0. The summed E-state index contributed by atoms with van der Waals surface area (Å²) in [5, 5.41) is 19.2. The van der Waals surface area contributed by atoms with Gasteiger partial charge in [0, 0.05) is 24.7 Å². The second kappa shape index (κ2) is 12.2. The standard InChI is InChI=1S/C35H29FN4O6/c1-43-31-13-23(35(41)42)12-30-34(31)39-32(40(30)16-26-7-8-45-26)14-22-11-28(36)27-10-25(22)18-44-17-24-9-20(15-37)5-6-21(24)19-46-33-4-2-3-29(27)38-33/h2-6,9-13,26H,7-8,14,16-19H2,1H3,(H,41,42)/t26-/m0/s1. The lowest BCUT2D eigenvalue weighted by molar-refractivity contribution is -0.0589. The number of aromatic nitrogens is 3. The molecule has 0 aliphatic carbocycles. The maximum Gasteiger partial charge on any atom is 0.335 e. The summed E-state index contributed by atoms with van der Waals surface area (Å²) in [5.41, 5.74) is 5.47. The van der Waals surface area contributed by atoms with Crippen molar-refractivity contribution in [3.8, 4) is 29.0 Å². The van der Waals surface area contributed by atoms with E-state index in [9.17, 15) is 15.2 Å². The Morgan fingerprint density at radius 1 is 1.09 bits per heavy atom. The second-order valence-corrected chi connectivity index (χ2v) is 11.3. The molecular weight excluding hydrogens is 591 g/mol. The number of nitriles is 1. The van der Waals surface area contributed by atoms with Gasteiger partial charge >= 0.3 is 5.97 Å². The number of hydrogen-bond donors (Lipinski definition) is 1. The van der Waals surface area contributed by atoms with Crippen molar-refractivity contribution in [3.05, 3.63) is 106 Å². The van der Waals surface area contributed by atoms with Crippen LogP contribution < -0.4 is 9.47 Å². The van der Waals surface area contributed by atoms with Crippen LogP contribution in [0.25, 0.3) is 22.3 Å². The molecule has 2 aliphatic heterocycles. The number of aromatic carboxylic acids is 1. The van der Waals surface area contributed by atoms with Crippen molar-refractivity contribution in [3.63, 3.8) is 0 Å². The molecule has 11 heteroatoms. The van der Waals surface area contributed by atoms with Crippen LogP contribution >= 0.6 is 0 Å². The zero-order valence-electron chi connectivity index (χ0n) is 25.0. The van der Waals surface area contributed by atoms with Crippen LogP contribution in [0.3, 0.4) is 0 Å². The molecule has 0 radical (unpaired) electrons. The first kappa shape index (κ1) is 29.4. The molecule has 1 N–H and O–H groups in total. The lowest BCUT2D eigenvalue weighted by atomic mass is 9.98. The SMILES string of the molecule is COc1cc(C(=O)O)cc2c1nc(Cc1cc(F)c3cc1COCc1cc(C#N)ccc1COc1cccc-3n1)n2C[C@@H]1CCO1. The highest BCUT2D eigenvalue weighted by Crippen LogP contribution is 2.33. The molecule has 0 amide bonds. The molecule has 10 nitrogen and oxygen atoms in total. The van der Waals surface area contributed by atoms with E-state index < -0.39 is 11.8 Å². The molecule has 4 bridgehead atoms. The number of pyridine rings is 1. The molecule has 2 aliphatic rings. The molecule has 3 aromatic carbocycles. The normalized spacial score (nSPS) is 15.7. The highest BCUT2D eigenvalue weighted by molar-refractivity contribution is 5.95.